The molecule has 134 valence electrons. The van der Waals surface area contributed by atoms with Gasteiger partial charge in [-0.15, -0.1) is 0 Å². The normalized spacial score (nSPS) is 17.4. The highest BCUT2D eigenvalue weighted by molar-refractivity contribution is 5.94. The molecule has 0 bridgehead atoms. The van der Waals surface area contributed by atoms with E-state index in [1.807, 2.05) is 34.0 Å². The number of carbonyl (C=O) groups excluding carboxylic acids is 1. The zero-order valence-electron chi connectivity index (χ0n) is 14.8. The maximum absolute atomic E-state index is 12.9. The van der Waals surface area contributed by atoms with E-state index in [0.29, 0.717) is 11.5 Å². The van der Waals surface area contributed by atoms with Crippen molar-refractivity contribution in [2.75, 3.05) is 13.1 Å². The van der Waals surface area contributed by atoms with Crippen LogP contribution in [-0.2, 0) is 6.42 Å². The number of aryl methyl sites for hydroxylation is 1. The molecule has 0 aromatic carbocycles. The summed E-state index contributed by atoms with van der Waals surface area (Å²) in [4.78, 5) is 23.2. The number of imidazole rings is 1. The van der Waals surface area contributed by atoms with Gasteiger partial charge in [0.05, 0.1) is 11.8 Å². The van der Waals surface area contributed by atoms with Crippen LogP contribution in [0.25, 0.3) is 5.82 Å². The van der Waals surface area contributed by atoms with Crippen molar-refractivity contribution in [3.63, 3.8) is 0 Å². The molecule has 0 spiro atoms. The molecule has 1 N–H and O–H groups in total. The monoisotopic (exact) mass is 350 g/mol. The number of pyridine rings is 1. The van der Waals surface area contributed by atoms with Gasteiger partial charge < -0.3 is 4.90 Å². The number of aromatic amines is 1. The first-order valence-electron chi connectivity index (χ1n) is 8.93. The van der Waals surface area contributed by atoms with Crippen molar-refractivity contribution in [1.82, 2.24) is 29.6 Å². The van der Waals surface area contributed by atoms with Crippen LogP contribution >= 0.6 is 0 Å². The zero-order valence-corrected chi connectivity index (χ0v) is 14.8. The van der Waals surface area contributed by atoms with E-state index in [9.17, 15) is 4.79 Å². The minimum Gasteiger partial charge on any atom is -0.338 e. The van der Waals surface area contributed by atoms with Gasteiger partial charge in [0.25, 0.3) is 5.91 Å². The SMILES string of the molecule is Cc1cn[nH]c1CC1CCCN(C(=O)c2ccc(-n3ccnc3)nc2)C1. The predicted octanol–water partition coefficient (Wildman–Crippen LogP) is 2.39. The summed E-state index contributed by atoms with van der Waals surface area (Å²) in [6.07, 6.45) is 11.8. The Morgan fingerprint density at radius 2 is 2.27 bits per heavy atom. The second-order valence-electron chi connectivity index (χ2n) is 6.87. The Kier molecular flexibility index (Phi) is 4.51. The van der Waals surface area contributed by atoms with Crippen LogP contribution in [0.2, 0.25) is 0 Å². The molecule has 4 rings (SSSR count). The van der Waals surface area contributed by atoms with Crippen LogP contribution in [0.1, 0.15) is 34.5 Å². The van der Waals surface area contributed by atoms with Gasteiger partial charge in [-0.3, -0.25) is 14.5 Å². The van der Waals surface area contributed by atoms with E-state index in [1.54, 1.807) is 18.7 Å². The minimum absolute atomic E-state index is 0.0562. The van der Waals surface area contributed by atoms with E-state index in [0.717, 1.165) is 38.2 Å². The van der Waals surface area contributed by atoms with Crippen LogP contribution < -0.4 is 0 Å². The van der Waals surface area contributed by atoms with Crippen molar-refractivity contribution in [2.45, 2.75) is 26.2 Å². The fourth-order valence-corrected chi connectivity index (χ4v) is 3.53. The van der Waals surface area contributed by atoms with E-state index in [2.05, 4.69) is 27.1 Å². The molecule has 1 atom stereocenters. The van der Waals surface area contributed by atoms with Gasteiger partial charge in [0, 0.05) is 37.4 Å². The summed E-state index contributed by atoms with van der Waals surface area (Å²) in [6.45, 7) is 3.65. The van der Waals surface area contributed by atoms with E-state index in [1.165, 1.54) is 11.3 Å². The lowest BCUT2D eigenvalue weighted by molar-refractivity contribution is 0.0672. The second-order valence-corrected chi connectivity index (χ2v) is 6.87. The highest BCUT2D eigenvalue weighted by Crippen LogP contribution is 2.22. The Balaban J connectivity index is 1.43. The molecular weight excluding hydrogens is 328 g/mol. The highest BCUT2D eigenvalue weighted by Gasteiger charge is 2.25. The number of amides is 1. The molecule has 0 radical (unpaired) electrons. The molecule has 1 amide bonds. The number of aromatic nitrogens is 5. The van der Waals surface area contributed by atoms with E-state index in [4.69, 9.17) is 0 Å². The molecule has 3 aromatic heterocycles. The third-order valence-corrected chi connectivity index (χ3v) is 5.00. The summed E-state index contributed by atoms with van der Waals surface area (Å²) < 4.78 is 1.82. The average Bonchev–Trinajstić information content (AvgIpc) is 3.34. The first-order valence-corrected chi connectivity index (χ1v) is 8.93. The summed E-state index contributed by atoms with van der Waals surface area (Å²) in [6, 6.07) is 3.69. The smallest absolute Gasteiger partial charge is 0.255 e. The maximum Gasteiger partial charge on any atom is 0.255 e. The molecule has 1 aliphatic heterocycles. The average molecular weight is 350 g/mol. The number of piperidine rings is 1. The Bertz CT molecular complexity index is 868. The van der Waals surface area contributed by atoms with Gasteiger partial charge in [0.15, 0.2) is 0 Å². The summed E-state index contributed by atoms with van der Waals surface area (Å²) in [5, 5.41) is 7.18. The third kappa shape index (κ3) is 3.37. The van der Waals surface area contributed by atoms with Crippen LogP contribution in [-0.4, -0.2) is 48.6 Å². The molecule has 1 fully saturated rings. The van der Waals surface area contributed by atoms with Crippen LogP contribution in [0.5, 0.6) is 0 Å². The van der Waals surface area contributed by atoms with Crippen molar-refractivity contribution >= 4 is 5.91 Å². The first-order chi connectivity index (χ1) is 12.7. The largest absolute Gasteiger partial charge is 0.338 e. The molecule has 0 aliphatic carbocycles. The molecule has 1 aliphatic rings. The van der Waals surface area contributed by atoms with Crippen molar-refractivity contribution in [3.05, 3.63) is 60.1 Å². The van der Waals surface area contributed by atoms with Gasteiger partial charge in [-0.2, -0.15) is 5.10 Å². The van der Waals surface area contributed by atoms with Gasteiger partial charge in [-0.25, -0.2) is 9.97 Å². The molecule has 1 saturated heterocycles. The van der Waals surface area contributed by atoms with Crippen molar-refractivity contribution in [1.29, 1.82) is 0 Å². The number of carbonyl (C=O) groups is 1. The Morgan fingerprint density at radius 1 is 1.35 bits per heavy atom. The van der Waals surface area contributed by atoms with E-state index in [-0.39, 0.29) is 5.91 Å². The van der Waals surface area contributed by atoms with Gasteiger partial charge in [-0.1, -0.05) is 0 Å². The fraction of sp³-hybridized carbons (Fsp3) is 0.368. The topological polar surface area (TPSA) is 79.7 Å². The van der Waals surface area contributed by atoms with Gasteiger partial charge in [0.1, 0.15) is 12.1 Å². The third-order valence-electron chi connectivity index (χ3n) is 5.00. The predicted molar refractivity (Wildman–Crippen MR) is 97.0 cm³/mol. The number of nitrogens with one attached hydrogen (secondary N) is 1. The second kappa shape index (κ2) is 7.11. The Labute approximate surface area is 152 Å². The number of nitrogens with zero attached hydrogens (tertiary/aromatic N) is 5. The molecule has 0 saturated carbocycles. The number of H-pyrrole nitrogens is 1. The number of rotatable bonds is 4. The summed E-state index contributed by atoms with van der Waals surface area (Å²) in [5.41, 5.74) is 3.00. The van der Waals surface area contributed by atoms with Gasteiger partial charge in [-0.05, 0) is 49.8 Å². The molecule has 7 nitrogen and oxygen atoms in total. The van der Waals surface area contributed by atoms with Crippen LogP contribution in [0.15, 0.2) is 43.2 Å². The van der Waals surface area contributed by atoms with E-state index < -0.39 is 0 Å². The van der Waals surface area contributed by atoms with Crippen molar-refractivity contribution < 1.29 is 4.79 Å². The molecule has 4 heterocycles. The standard InChI is InChI=1S/C19H22N6O/c1-14-10-22-23-17(14)9-15-3-2-7-24(12-15)19(26)16-4-5-18(21-11-16)25-8-6-20-13-25/h4-6,8,10-11,13,15H,2-3,7,9,12H2,1H3,(H,22,23). The Morgan fingerprint density at radius 3 is 2.96 bits per heavy atom. The quantitative estimate of drug-likeness (QED) is 0.783. The molecular formula is C19H22N6O. The fourth-order valence-electron chi connectivity index (χ4n) is 3.53. The van der Waals surface area contributed by atoms with Crippen LogP contribution in [0.4, 0.5) is 0 Å². The summed E-state index contributed by atoms with van der Waals surface area (Å²) in [5.74, 6) is 1.27. The maximum atomic E-state index is 12.9. The lowest BCUT2D eigenvalue weighted by Gasteiger charge is -2.32. The number of hydrogen-bond acceptors (Lipinski definition) is 4. The lowest BCUT2D eigenvalue weighted by Crippen LogP contribution is -2.40. The number of likely N-dealkylation sites (tertiary alicyclic amines) is 1. The van der Waals surface area contributed by atoms with Crippen molar-refractivity contribution in [2.24, 2.45) is 5.92 Å². The van der Waals surface area contributed by atoms with Gasteiger partial charge in [0.2, 0.25) is 0 Å². The molecule has 3 aromatic rings. The summed E-state index contributed by atoms with van der Waals surface area (Å²) >= 11 is 0. The van der Waals surface area contributed by atoms with Crippen LogP contribution in [0, 0.1) is 12.8 Å². The minimum atomic E-state index is 0.0562. The molecule has 26 heavy (non-hydrogen) atoms. The first kappa shape index (κ1) is 16.5. The Hall–Kier alpha value is -2.96. The van der Waals surface area contributed by atoms with Gasteiger partial charge >= 0.3 is 0 Å². The molecule has 7 heteroatoms. The summed E-state index contributed by atoms with van der Waals surface area (Å²) in [7, 11) is 0. The molecule has 1 unspecified atom stereocenters. The van der Waals surface area contributed by atoms with E-state index >= 15 is 0 Å². The lowest BCUT2D eigenvalue weighted by atomic mass is 9.92. The van der Waals surface area contributed by atoms with Crippen LogP contribution in [0.3, 0.4) is 0 Å². The highest BCUT2D eigenvalue weighted by atomic mass is 16.2. The zero-order chi connectivity index (χ0) is 17.9. The van der Waals surface area contributed by atoms with Crippen molar-refractivity contribution in [3.8, 4) is 5.82 Å². The number of hydrogen-bond donors (Lipinski definition) is 1.